The molecule has 0 spiro atoms. The summed E-state index contributed by atoms with van der Waals surface area (Å²) in [5.74, 6) is 0. The average Bonchev–Trinajstić information content (AvgIpc) is 1.75. The Morgan fingerprint density at radius 1 is 1.57 bits per heavy atom. The minimum atomic E-state index is 0.781. The Kier molecular flexibility index (Phi) is 24.6. The van der Waals surface area contributed by atoms with Crippen molar-refractivity contribution in [2.24, 2.45) is 5.73 Å². The van der Waals surface area contributed by atoms with E-state index in [2.05, 4.69) is 20.5 Å². The van der Waals surface area contributed by atoms with Crippen molar-refractivity contribution in [3.63, 3.8) is 0 Å². The van der Waals surface area contributed by atoms with Crippen LogP contribution in [0.25, 0.3) is 0 Å². The number of hydrogen-bond acceptors (Lipinski definition) is 1. The summed E-state index contributed by atoms with van der Waals surface area (Å²) >= 11 is 4.25. The summed E-state index contributed by atoms with van der Waals surface area (Å²) in [6.45, 7) is 4.38. The van der Waals surface area contributed by atoms with Crippen LogP contribution >= 0.6 is 13.6 Å². The Morgan fingerprint density at radius 3 is 2.00 bits per heavy atom. The molecule has 1 nitrogen and oxygen atoms in total. The Labute approximate surface area is 62.1 Å². The molecule has 40 valence electrons. The fourth-order valence-electron chi connectivity index (χ4n) is 0.144. The summed E-state index contributed by atoms with van der Waals surface area (Å²) in [5.41, 5.74) is 5.10. The number of nitrogens with two attached hydrogens (primary N) is 1. The van der Waals surface area contributed by atoms with Gasteiger partial charge < -0.3 is 12.7 Å². The molecule has 0 atom stereocenters. The van der Waals surface area contributed by atoms with Crippen LogP contribution in [0.1, 0.15) is 12.8 Å². The second-order valence-electron chi connectivity index (χ2n) is 0.996. The van der Waals surface area contributed by atoms with Gasteiger partial charge in [0.2, 0.25) is 0 Å². The van der Waals surface area contributed by atoms with Crippen molar-refractivity contribution in [1.29, 1.82) is 0 Å². The molecule has 2 N–H and O–H groups in total. The molecule has 0 aromatic heterocycles. The molecular formula is C4H10BrNZn. The summed E-state index contributed by atoms with van der Waals surface area (Å²) in [5, 5.41) is 0. The van der Waals surface area contributed by atoms with E-state index in [-0.39, 0.29) is 0 Å². The van der Waals surface area contributed by atoms with Crippen molar-refractivity contribution in [2.75, 3.05) is 6.54 Å². The van der Waals surface area contributed by atoms with Crippen molar-refractivity contribution in [1.82, 2.24) is 0 Å². The van der Waals surface area contributed by atoms with Crippen LogP contribution in [0.4, 0.5) is 0 Å². The number of hydrogen-bond donors (Lipinski definition) is 1. The van der Waals surface area contributed by atoms with Gasteiger partial charge in [0.05, 0.1) is 0 Å². The summed E-state index contributed by atoms with van der Waals surface area (Å²) < 4.78 is 0. The summed E-state index contributed by atoms with van der Waals surface area (Å²) in [4.78, 5) is 0. The number of unbranched alkanes of at least 4 members (excludes halogenated alkanes) is 1. The van der Waals surface area contributed by atoms with Crippen LogP contribution in [0.3, 0.4) is 0 Å². The van der Waals surface area contributed by atoms with Crippen molar-refractivity contribution in [3.8, 4) is 0 Å². The third kappa shape index (κ3) is 19.3. The zero-order valence-electron chi connectivity index (χ0n) is 4.49. The third-order valence-electron chi connectivity index (χ3n) is 0.454. The fraction of sp³-hybridized carbons (Fsp3) is 0.750. The van der Waals surface area contributed by atoms with Crippen LogP contribution in [-0.4, -0.2) is 6.54 Å². The Morgan fingerprint density at radius 2 is 2.00 bits per heavy atom. The average molecular weight is 217 g/mol. The molecule has 0 fully saturated rings. The number of rotatable bonds is 2. The van der Waals surface area contributed by atoms with E-state index in [0.717, 1.165) is 19.4 Å². The molecule has 0 rings (SSSR count). The maximum atomic E-state index is 5.10. The molecule has 0 radical (unpaired) electrons. The Hall–Kier alpha value is 1.06. The van der Waals surface area contributed by atoms with E-state index >= 15 is 0 Å². The first-order valence-electron chi connectivity index (χ1n) is 2.18. The molecule has 0 saturated heterocycles. The summed E-state index contributed by atoms with van der Waals surface area (Å²) in [6, 6.07) is 0. The topological polar surface area (TPSA) is 26.0 Å². The Balaban J connectivity index is 0. The SMILES string of the molecule is [CH2-]CCCN.[Zn+][Br]. The third-order valence-corrected chi connectivity index (χ3v) is 0.454. The van der Waals surface area contributed by atoms with Gasteiger partial charge in [-0.05, 0) is 6.54 Å². The van der Waals surface area contributed by atoms with Gasteiger partial charge in [-0.1, -0.05) is 6.42 Å². The molecule has 0 saturated carbocycles. The van der Waals surface area contributed by atoms with Gasteiger partial charge in [0.1, 0.15) is 0 Å². The summed E-state index contributed by atoms with van der Waals surface area (Å²) in [6.07, 6.45) is 2.02. The monoisotopic (exact) mass is 215 g/mol. The molecule has 0 aromatic carbocycles. The maximum absolute atomic E-state index is 5.10. The normalized spacial score (nSPS) is 7.00. The van der Waals surface area contributed by atoms with Gasteiger partial charge in [-0.3, -0.25) is 0 Å². The minimum absolute atomic E-state index is 0.781. The van der Waals surface area contributed by atoms with Crippen molar-refractivity contribution in [3.05, 3.63) is 6.92 Å². The van der Waals surface area contributed by atoms with E-state index in [4.69, 9.17) is 5.73 Å². The van der Waals surface area contributed by atoms with Crippen LogP contribution in [0.5, 0.6) is 0 Å². The van der Waals surface area contributed by atoms with Gasteiger partial charge in [-0.15, -0.1) is 0 Å². The van der Waals surface area contributed by atoms with E-state index in [9.17, 15) is 0 Å². The first-order valence-corrected chi connectivity index (χ1v) is 9.12. The fourth-order valence-corrected chi connectivity index (χ4v) is 0.144. The van der Waals surface area contributed by atoms with Crippen LogP contribution in [0.15, 0.2) is 0 Å². The van der Waals surface area contributed by atoms with Gasteiger partial charge in [-0.25, -0.2) is 0 Å². The van der Waals surface area contributed by atoms with E-state index in [1.165, 1.54) is 16.3 Å². The van der Waals surface area contributed by atoms with Crippen molar-refractivity contribution in [2.45, 2.75) is 12.8 Å². The van der Waals surface area contributed by atoms with E-state index in [1.54, 1.807) is 0 Å². The number of halogens is 1. The molecule has 0 heterocycles. The molecule has 0 aliphatic heterocycles. The van der Waals surface area contributed by atoms with E-state index in [1.807, 2.05) is 0 Å². The van der Waals surface area contributed by atoms with Gasteiger partial charge in [0.15, 0.2) is 0 Å². The second kappa shape index (κ2) is 15.7. The predicted molar refractivity (Wildman–Crippen MR) is 32.6 cm³/mol. The van der Waals surface area contributed by atoms with Gasteiger partial charge in [0, 0.05) is 0 Å². The quantitative estimate of drug-likeness (QED) is 0.549. The van der Waals surface area contributed by atoms with Crippen LogP contribution in [0.2, 0.25) is 0 Å². The molecule has 0 aromatic rings. The van der Waals surface area contributed by atoms with E-state index in [0.29, 0.717) is 0 Å². The zero-order chi connectivity index (χ0) is 6.12. The van der Waals surface area contributed by atoms with E-state index < -0.39 is 0 Å². The van der Waals surface area contributed by atoms with Crippen LogP contribution < -0.4 is 5.73 Å². The van der Waals surface area contributed by atoms with Gasteiger partial charge in [-0.2, -0.15) is 6.42 Å². The molecule has 0 unspecified atom stereocenters. The Bertz CT molecular complexity index is 19.2. The first kappa shape index (κ1) is 10.9. The molecular weight excluding hydrogens is 207 g/mol. The molecule has 3 heteroatoms. The standard InChI is InChI=1S/C4H10N.BrH.Zn/c1-2-3-4-5;;/h1-5H2;1H;/q-1;;+2/p-1. The van der Waals surface area contributed by atoms with Crippen LogP contribution in [-0.2, 0) is 16.3 Å². The molecule has 0 aliphatic rings. The van der Waals surface area contributed by atoms with Crippen molar-refractivity contribution < 1.29 is 16.3 Å². The van der Waals surface area contributed by atoms with Gasteiger partial charge in [0.25, 0.3) is 0 Å². The van der Waals surface area contributed by atoms with Crippen LogP contribution in [0, 0.1) is 6.92 Å². The molecule has 7 heavy (non-hydrogen) atoms. The first-order chi connectivity index (χ1) is 3.41. The van der Waals surface area contributed by atoms with Gasteiger partial charge >= 0.3 is 30.0 Å². The summed E-state index contributed by atoms with van der Waals surface area (Å²) in [7, 11) is 0. The zero-order valence-corrected chi connectivity index (χ0v) is 9.04. The molecule has 0 amide bonds. The molecule has 0 bridgehead atoms. The van der Waals surface area contributed by atoms with Crippen molar-refractivity contribution >= 4 is 13.6 Å². The predicted octanol–water partition coefficient (Wildman–Crippen LogP) is 1.40. The molecule has 0 aliphatic carbocycles. The second-order valence-corrected chi connectivity index (χ2v) is 0.996.